The Balaban J connectivity index is 2.07. The highest BCUT2D eigenvalue weighted by Crippen LogP contribution is 2.25. The number of aromatic nitrogens is 1. The van der Waals surface area contributed by atoms with Gasteiger partial charge < -0.3 is 9.72 Å². The van der Waals surface area contributed by atoms with E-state index in [0.29, 0.717) is 11.1 Å². The summed E-state index contributed by atoms with van der Waals surface area (Å²) in [5.41, 5.74) is -1.10. The average molecular weight is 324 g/mol. The molecule has 0 amide bonds. The maximum Gasteiger partial charge on any atom is 0.376 e. The summed E-state index contributed by atoms with van der Waals surface area (Å²) in [7, 11) is 0. The fourth-order valence-corrected chi connectivity index (χ4v) is 2.46. The number of pyridine rings is 1. The largest absolute Gasteiger partial charge is 0.415 e. The first kappa shape index (κ1) is 15.4. The quantitative estimate of drug-likeness (QED) is 0.453. The number of aromatic amines is 1. The second-order valence-electron chi connectivity index (χ2n) is 5.17. The van der Waals surface area contributed by atoms with Crippen LogP contribution in [0.2, 0.25) is 0 Å². The van der Waals surface area contributed by atoms with E-state index in [1.165, 1.54) is 6.07 Å². The van der Waals surface area contributed by atoms with Gasteiger partial charge in [-0.15, -0.1) is 0 Å². The molecule has 7 heteroatoms. The number of nitrogens with one attached hydrogen (secondary N) is 1. The molecule has 0 saturated carbocycles. The van der Waals surface area contributed by atoms with E-state index in [9.17, 15) is 19.7 Å². The molecular formula is C17H12N2O5. The SMILES string of the molecule is Cc1cc(OC(=O)c2cccc3ccccc23)c([N+](=O)[O-])c(=O)[nH]1. The lowest BCUT2D eigenvalue weighted by molar-refractivity contribution is -0.387. The normalized spacial score (nSPS) is 10.5. The van der Waals surface area contributed by atoms with Gasteiger partial charge in [-0.25, -0.2) is 4.79 Å². The number of benzene rings is 2. The van der Waals surface area contributed by atoms with Gasteiger partial charge in [0.15, 0.2) is 0 Å². The summed E-state index contributed by atoms with van der Waals surface area (Å²) in [5.74, 6) is -1.14. The molecule has 0 aliphatic rings. The van der Waals surface area contributed by atoms with Crippen LogP contribution in [-0.4, -0.2) is 15.9 Å². The molecule has 0 atom stereocenters. The molecule has 120 valence electrons. The Morgan fingerprint density at radius 2 is 1.88 bits per heavy atom. The molecular weight excluding hydrogens is 312 g/mol. The van der Waals surface area contributed by atoms with Gasteiger partial charge in [-0.2, -0.15) is 0 Å². The summed E-state index contributed by atoms with van der Waals surface area (Å²) in [6, 6.07) is 13.6. The summed E-state index contributed by atoms with van der Waals surface area (Å²) in [6.45, 7) is 1.54. The van der Waals surface area contributed by atoms with Crippen LogP contribution < -0.4 is 10.3 Å². The number of nitrogens with zero attached hydrogens (tertiary/aromatic N) is 1. The summed E-state index contributed by atoms with van der Waals surface area (Å²) in [6.07, 6.45) is 0. The van der Waals surface area contributed by atoms with Gasteiger partial charge in [0.05, 0.1) is 10.5 Å². The van der Waals surface area contributed by atoms with Crippen LogP contribution in [0.3, 0.4) is 0 Å². The topological polar surface area (TPSA) is 102 Å². The first-order chi connectivity index (χ1) is 11.5. The highest BCUT2D eigenvalue weighted by molar-refractivity contribution is 6.05. The van der Waals surface area contributed by atoms with Crippen molar-refractivity contribution in [3.63, 3.8) is 0 Å². The first-order valence-electron chi connectivity index (χ1n) is 7.05. The Morgan fingerprint density at radius 3 is 2.62 bits per heavy atom. The highest BCUT2D eigenvalue weighted by Gasteiger charge is 2.24. The van der Waals surface area contributed by atoms with Crippen molar-refractivity contribution in [3.8, 4) is 5.75 Å². The van der Waals surface area contributed by atoms with Crippen LogP contribution in [0, 0.1) is 17.0 Å². The predicted molar refractivity (Wildman–Crippen MR) is 87.4 cm³/mol. The summed E-state index contributed by atoms with van der Waals surface area (Å²) >= 11 is 0. The fraction of sp³-hybridized carbons (Fsp3) is 0.0588. The number of rotatable bonds is 3. The zero-order valence-corrected chi connectivity index (χ0v) is 12.6. The molecule has 1 aromatic heterocycles. The third-order valence-corrected chi connectivity index (χ3v) is 3.50. The van der Waals surface area contributed by atoms with E-state index in [2.05, 4.69) is 4.98 Å². The second-order valence-corrected chi connectivity index (χ2v) is 5.17. The minimum atomic E-state index is -0.916. The van der Waals surface area contributed by atoms with Crippen LogP contribution in [0.4, 0.5) is 5.69 Å². The number of hydrogen-bond donors (Lipinski definition) is 1. The molecule has 0 radical (unpaired) electrons. The zero-order valence-electron chi connectivity index (χ0n) is 12.6. The Labute approximate surface area is 135 Å². The lowest BCUT2D eigenvalue weighted by atomic mass is 10.0. The van der Waals surface area contributed by atoms with E-state index in [1.54, 1.807) is 31.2 Å². The van der Waals surface area contributed by atoms with Crippen LogP contribution in [0.5, 0.6) is 5.75 Å². The Bertz CT molecular complexity index is 1020. The molecule has 2 aromatic carbocycles. The minimum Gasteiger partial charge on any atom is -0.415 e. The molecule has 24 heavy (non-hydrogen) atoms. The van der Waals surface area contributed by atoms with E-state index in [-0.39, 0.29) is 11.3 Å². The van der Waals surface area contributed by atoms with E-state index in [4.69, 9.17) is 4.74 Å². The molecule has 7 nitrogen and oxygen atoms in total. The number of fused-ring (bicyclic) bond motifs is 1. The van der Waals surface area contributed by atoms with Crippen LogP contribution in [-0.2, 0) is 0 Å². The third kappa shape index (κ3) is 2.74. The molecule has 0 unspecified atom stereocenters. The molecule has 0 fully saturated rings. The maximum atomic E-state index is 12.5. The van der Waals surface area contributed by atoms with Crippen LogP contribution in [0.25, 0.3) is 10.8 Å². The van der Waals surface area contributed by atoms with Crippen molar-refractivity contribution in [2.24, 2.45) is 0 Å². The predicted octanol–water partition coefficient (Wildman–Crippen LogP) is 2.96. The molecule has 1 heterocycles. The van der Waals surface area contributed by atoms with Gasteiger partial charge in [0.1, 0.15) is 0 Å². The van der Waals surface area contributed by atoms with Gasteiger partial charge >= 0.3 is 17.2 Å². The molecule has 0 aliphatic heterocycles. The maximum absolute atomic E-state index is 12.5. The first-order valence-corrected chi connectivity index (χ1v) is 7.05. The standard InChI is InChI=1S/C17H12N2O5/c1-10-9-14(15(19(22)23)16(20)18-10)24-17(21)13-8-4-6-11-5-2-3-7-12(11)13/h2-9H,1H3,(H,18,20). The van der Waals surface area contributed by atoms with Gasteiger partial charge in [-0.1, -0.05) is 36.4 Å². The summed E-state index contributed by atoms with van der Waals surface area (Å²) in [5, 5.41) is 12.6. The number of ether oxygens (including phenoxy) is 1. The minimum absolute atomic E-state index is 0.264. The monoisotopic (exact) mass is 324 g/mol. The van der Waals surface area contributed by atoms with E-state index in [1.807, 2.05) is 18.2 Å². The zero-order chi connectivity index (χ0) is 17.3. The van der Waals surface area contributed by atoms with Gasteiger partial charge in [-0.3, -0.25) is 14.9 Å². The van der Waals surface area contributed by atoms with E-state index in [0.717, 1.165) is 5.39 Å². The molecule has 0 aliphatic carbocycles. The van der Waals surface area contributed by atoms with Crippen molar-refractivity contribution in [1.29, 1.82) is 0 Å². The summed E-state index contributed by atoms with van der Waals surface area (Å²) in [4.78, 5) is 36.7. The van der Waals surface area contributed by atoms with Crippen molar-refractivity contribution < 1.29 is 14.5 Å². The third-order valence-electron chi connectivity index (χ3n) is 3.50. The molecule has 0 saturated heterocycles. The highest BCUT2D eigenvalue weighted by atomic mass is 16.6. The molecule has 3 aromatic rings. The Morgan fingerprint density at radius 1 is 1.17 bits per heavy atom. The number of aryl methyl sites for hydroxylation is 1. The molecule has 0 spiro atoms. The number of carbonyl (C=O) groups excluding carboxylic acids is 1. The number of esters is 1. The van der Waals surface area contributed by atoms with Crippen LogP contribution >= 0.6 is 0 Å². The van der Waals surface area contributed by atoms with Crippen molar-refractivity contribution in [2.45, 2.75) is 6.92 Å². The number of hydrogen-bond acceptors (Lipinski definition) is 5. The van der Waals surface area contributed by atoms with Crippen molar-refractivity contribution >= 4 is 22.4 Å². The molecule has 3 rings (SSSR count). The Kier molecular flexibility index (Phi) is 3.83. The summed E-state index contributed by atoms with van der Waals surface area (Å²) < 4.78 is 5.16. The molecule has 0 bridgehead atoms. The smallest absolute Gasteiger partial charge is 0.376 e. The van der Waals surface area contributed by atoms with Crippen molar-refractivity contribution in [1.82, 2.24) is 4.98 Å². The fourth-order valence-electron chi connectivity index (χ4n) is 2.46. The molecule has 1 N–H and O–H groups in total. The van der Waals surface area contributed by atoms with E-state index >= 15 is 0 Å². The van der Waals surface area contributed by atoms with Gasteiger partial charge in [0.2, 0.25) is 5.75 Å². The number of carbonyl (C=O) groups is 1. The van der Waals surface area contributed by atoms with Crippen molar-refractivity contribution in [3.05, 3.63) is 80.3 Å². The Hall–Kier alpha value is -3.48. The van der Waals surface area contributed by atoms with Gasteiger partial charge in [-0.05, 0) is 23.8 Å². The lowest BCUT2D eigenvalue weighted by Crippen LogP contribution is -2.17. The second kappa shape index (κ2) is 5.96. The van der Waals surface area contributed by atoms with Gasteiger partial charge in [0, 0.05) is 11.8 Å². The lowest BCUT2D eigenvalue weighted by Gasteiger charge is -2.08. The number of H-pyrrole nitrogens is 1. The average Bonchev–Trinajstić information content (AvgIpc) is 2.53. The van der Waals surface area contributed by atoms with Crippen LogP contribution in [0.15, 0.2) is 53.3 Å². The number of nitro groups is 1. The van der Waals surface area contributed by atoms with Crippen molar-refractivity contribution in [2.75, 3.05) is 0 Å². The van der Waals surface area contributed by atoms with Crippen LogP contribution in [0.1, 0.15) is 16.1 Å². The van der Waals surface area contributed by atoms with Gasteiger partial charge in [0.25, 0.3) is 0 Å². The van der Waals surface area contributed by atoms with E-state index < -0.39 is 22.1 Å².